The molecule has 3 aromatic rings. The second kappa shape index (κ2) is 13.1. The minimum atomic E-state index is -0.763. The quantitative estimate of drug-likeness (QED) is 0.323. The fraction of sp³-hybridized carbons (Fsp3) is 0.414. The summed E-state index contributed by atoms with van der Waals surface area (Å²) in [5, 5.41) is 5.39. The standard InChI is InChI=1S/C29H37ClFN5O4/c1-7-40-24-16-21(31)20(30)15-22(24)32-25(37)17-29(2,3)18-26(38)33-27-23(13-14-34(4)5)35(6)36(28(27)39)19-11-9-8-10-12-19/h8-12,15-16H,7,13-14,17-18H2,1-6H3,(H,32,37)(H,33,38). The van der Waals surface area contributed by atoms with Crippen LogP contribution in [0.3, 0.4) is 0 Å². The van der Waals surface area contributed by atoms with Crippen molar-refractivity contribution in [2.24, 2.45) is 12.5 Å². The Balaban J connectivity index is 1.77. The molecule has 0 fully saturated rings. The summed E-state index contributed by atoms with van der Waals surface area (Å²) in [5.41, 5.74) is 0.758. The summed E-state index contributed by atoms with van der Waals surface area (Å²) in [4.78, 5) is 41.6. The molecule has 0 saturated carbocycles. The van der Waals surface area contributed by atoms with Crippen LogP contribution in [-0.4, -0.2) is 53.3 Å². The van der Waals surface area contributed by atoms with Crippen LogP contribution in [0.1, 0.15) is 39.3 Å². The molecule has 0 radical (unpaired) electrons. The molecule has 0 aliphatic heterocycles. The number of amides is 2. The lowest BCUT2D eigenvalue weighted by molar-refractivity contribution is -0.120. The smallest absolute Gasteiger partial charge is 0.295 e. The molecular weight excluding hydrogens is 537 g/mol. The van der Waals surface area contributed by atoms with Crippen molar-refractivity contribution in [3.05, 3.63) is 69.4 Å². The van der Waals surface area contributed by atoms with E-state index in [9.17, 15) is 18.8 Å². The van der Waals surface area contributed by atoms with Crippen molar-refractivity contribution >= 4 is 34.8 Å². The highest BCUT2D eigenvalue weighted by molar-refractivity contribution is 6.31. The van der Waals surface area contributed by atoms with Gasteiger partial charge in [0.2, 0.25) is 11.8 Å². The zero-order valence-corrected chi connectivity index (χ0v) is 24.6. The van der Waals surface area contributed by atoms with E-state index in [-0.39, 0.29) is 59.0 Å². The van der Waals surface area contributed by atoms with Crippen molar-refractivity contribution in [3.8, 4) is 11.4 Å². The monoisotopic (exact) mass is 573 g/mol. The Morgan fingerprint density at radius 2 is 1.70 bits per heavy atom. The molecule has 3 rings (SSSR count). The lowest BCUT2D eigenvalue weighted by atomic mass is 9.85. The number of carbonyl (C=O) groups excluding carboxylic acids is 2. The Morgan fingerprint density at radius 3 is 2.30 bits per heavy atom. The van der Waals surface area contributed by atoms with E-state index in [1.807, 2.05) is 49.3 Å². The SMILES string of the molecule is CCOc1cc(F)c(Cl)cc1NC(=O)CC(C)(C)CC(=O)Nc1c(CCN(C)C)n(C)n(-c2ccccc2)c1=O. The predicted octanol–water partition coefficient (Wildman–Crippen LogP) is 4.85. The summed E-state index contributed by atoms with van der Waals surface area (Å²) >= 11 is 5.90. The Hall–Kier alpha value is -3.63. The number of nitrogens with one attached hydrogen (secondary N) is 2. The highest BCUT2D eigenvalue weighted by Gasteiger charge is 2.28. The van der Waals surface area contributed by atoms with Crippen molar-refractivity contribution in [1.82, 2.24) is 14.3 Å². The van der Waals surface area contributed by atoms with Gasteiger partial charge in [0.1, 0.15) is 17.3 Å². The third-order valence-corrected chi connectivity index (χ3v) is 6.61. The fourth-order valence-corrected chi connectivity index (χ4v) is 4.62. The second-order valence-electron chi connectivity index (χ2n) is 10.7. The first-order valence-corrected chi connectivity index (χ1v) is 13.4. The molecule has 0 bridgehead atoms. The molecule has 1 aromatic heterocycles. The lowest BCUT2D eigenvalue weighted by Crippen LogP contribution is -2.29. The normalized spacial score (nSPS) is 11.5. The zero-order chi connectivity index (χ0) is 29.6. The van der Waals surface area contributed by atoms with Crippen LogP contribution in [0, 0.1) is 11.2 Å². The molecule has 0 aliphatic carbocycles. The van der Waals surface area contributed by atoms with Crippen LogP contribution in [0.15, 0.2) is 47.3 Å². The van der Waals surface area contributed by atoms with Gasteiger partial charge in [0, 0.05) is 38.9 Å². The number of hydrogen-bond donors (Lipinski definition) is 2. The summed E-state index contributed by atoms with van der Waals surface area (Å²) in [7, 11) is 5.67. The number of benzene rings is 2. The Kier molecular flexibility index (Phi) is 10.2. The molecule has 2 amide bonds. The predicted molar refractivity (Wildman–Crippen MR) is 156 cm³/mol. The Labute approximate surface area is 238 Å². The van der Waals surface area contributed by atoms with E-state index >= 15 is 0 Å². The number of likely N-dealkylation sites (N-methyl/N-ethyl adjacent to an activating group) is 1. The lowest BCUT2D eigenvalue weighted by Gasteiger charge is -2.23. The number of halogens is 2. The number of aromatic nitrogens is 2. The van der Waals surface area contributed by atoms with Gasteiger partial charge in [0.05, 0.1) is 28.7 Å². The molecule has 0 atom stereocenters. The Bertz CT molecular complexity index is 1420. The van der Waals surface area contributed by atoms with E-state index in [1.165, 1.54) is 10.7 Å². The van der Waals surface area contributed by atoms with E-state index in [1.54, 1.807) is 32.5 Å². The maximum atomic E-state index is 13.9. The highest BCUT2D eigenvalue weighted by atomic mass is 35.5. The van der Waals surface area contributed by atoms with Gasteiger partial charge >= 0.3 is 0 Å². The van der Waals surface area contributed by atoms with E-state index in [4.69, 9.17) is 16.3 Å². The van der Waals surface area contributed by atoms with Crippen molar-refractivity contribution in [3.63, 3.8) is 0 Å². The summed E-state index contributed by atoms with van der Waals surface area (Å²) in [6.07, 6.45) is 0.510. The van der Waals surface area contributed by atoms with E-state index in [0.29, 0.717) is 24.3 Å². The molecule has 0 spiro atoms. The third kappa shape index (κ3) is 7.73. The molecule has 2 N–H and O–H groups in total. The average molecular weight is 574 g/mol. The number of rotatable bonds is 12. The molecule has 9 nitrogen and oxygen atoms in total. The van der Waals surface area contributed by atoms with Crippen LogP contribution in [-0.2, 0) is 23.1 Å². The topological polar surface area (TPSA) is 97.6 Å². The molecule has 216 valence electrons. The largest absolute Gasteiger partial charge is 0.492 e. The number of hydrogen-bond acceptors (Lipinski definition) is 5. The highest BCUT2D eigenvalue weighted by Crippen LogP contribution is 2.32. The van der Waals surface area contributed by atoms with E-state index in [2.05, 4.69) is 10.6 Å². The van der Waals surface area contributed by atoms with Gasteiger partial charge in [-0.15, -0.1) is 0 Å². The minimum Gasteiger partial charge on any atom is -0.492 e. The molecule has 11 heteroatoms. The molecule has 2 aromatic carbocycles. The van der Waals surface area contributed by atoms with Crippen LogP contribution in [0.25, 0.3) is 5.69 Å². The van der Waals surface area contributed by atoms with E-state index in [0.717, 1.165) is 6.07 Å². The fourth-order valence-electron chi connectivity index (χ4n) is 4.46. The van der Waals surface area contributed by atoms with E-state index < -0.39 is 11.2 Å². The van der Waals surface area contributed by atoms with Crippen molar-refractivity contribution < 1.29 is 18.7 Å². The second-order valence-corrected chi connectivity index (χ2v) is 11.1. The average Bonchev–Trinajstić information content (AvgIpc) is 3.09. The molecule has 1 heterocycles. The molecule has 40 heavy (non-hydrogen) atoms. The Morgan fingerprint density at radius 1 is 1.07 bits per heavy atom. The zero-order valence-electron chi connectivity index (χ0n) is 23.8. The van der Waals surface area contributed by atoms with Gasteiger partial charge in [0.25, 0.3) is 5.56 Å². The number of carbonyl (C=O) groups is 2. The summed E-state index contributed by atoms with van der Waals surface area (Å²) in [5.74, 6) is -1.26. The van der Waals surface area contributed by atoms with Gasteiger partial charge in [-0.25, -0.2) is 9.07 Å². The van der Waals surface area contributed by atoms with Crippen LogP contribution in [0.5, 0.6) is 5.75 Å². The van der Waals surface area contributed by atoms with Crippen molar-refractivity contribution in [1.29, 1.82) is 0 Å². The maximum Gasteiger partial charge on any atom is 0.295 e. The molecular formula is C29H37ClFN5O4. The number of ether oxygens (including phenoxy) is 1. The van der Waals surface area contributed by atoms with Gasteiger partial charge in [-0.3, -0.25) is 19.1 Å². The van der Waals surface area contributed by atoms with Gasteiger partial charge in [0.15, 0.2) is 0 Å². The summed E-state index contributed by atoms with van der Waals surface area (Å²) in [6, 6.07) is 11.6. The molecule has 0 saturated heterocycles. The first-order chi connectivity index (χ1) is 18.8. The molecule has 0 aliphatic rings. The first-order valence-electron chi connectivity index (χ1n) is 13.1. The van der Waals surface area contributed by atoms with Gasteiger partial charge in [-0.05, 0) is 44.6 Å². The minimum absolute atomic E-state index is 0.0164. The van der Waals surface area contributed by atoms with Gasteiger partial charge in [-0.1, -0.05) is 43.6 Å². The van der Waals surface area contributed by atoms with Gasteiger partial charge < -0.3 is 20.3 Å². The van der Waals surface area contributed by atoms with Crippen LogP contribution < -0.4 is 20.9 Å². The number of nitrogens with zero attached hydrogens (tertiary/aromatic N) is 3. The number of para-hydroxylation sites is 1. The third-order valence-electron chi connectivity index (χ3n) is 6.32. The van der Waals surface area contributed by atoms with Crippen molar-refractivity contribution in [2.45, 2.75) is 40.0 Å². The van der Waals surface area contributed by atoms with Crippen LogP contribution >= 0.6 is 11.6 Å². The first kappa shape index (κ1) is 30.9. The number of anilines is 2. The van der Waals surface area contributed by atoms with Crippen LogP contribution in [0.4, 0.5) is 15.8 Å². The summed E-state index contributed by atoms with van der Waals surface area (Å²) in [6.45, 7) is 6.27. The summed E-state index contributed by atoms with van der Waals surface area (Å²) < 4.78 is 22.6. The van der Waals surface area contributed by atoms with Crippen molar-refractivity contribution in [2.75, 3.05) is 37.9 Å². The molecule has 0 unspecified atom stereocenters. The maximum absolute atomic E-state index is 13.9. The van der Waals surface area contributed by atoms with Gasteiger partial charge in [-0.2, -0.15) is 0 Å². The van der Waals surface area contributed by atoms with Crippen LogP contribution in [0.2, 0.25) is 5.02 Å².